The molecule has 0 bridgehead atoms. The quantitative estimate of drug-likeness (QED) is 0.560. The summed E-state index contributed by atoms with van der Waals surface area (Å²) in [5.41, 5.74) is 0.954. The van der Waals surface area contributed by atoms with E-state index in [9.17, 15) is 19.2 Å². The number of alkyl carbamates (subject to hydrolysis) is 1. The highest BCUT2D eigenvalue weighted by Crippen LogP contribution is 2.23. The van der Waals surface area contributed by atoms with Crippen molar-refractivity contribution >= 4 is 23.9 Å². The molecule has 0 aliphatic carbocycles. The van der Waals surface area contributed by atoms with Crippen LogP contribution in [0, 0.1) is 0 Å². The van der Waals surface area contributed by atoms with E-state index in [0.29, 0.717) is 5.56 Å². The van der Waals surface area contributed by atoms with Crippen LogP contribution < -0.4 is 10.6 Å². The zero-order chi connectivity index (χ0) is 24.5. The molecule has 0 fully saturated rings. The van der Waals surface area contributed by atoms with Gasteiger partial charge >= 0.3 is 12.1 Å². The molecule has 2 N–H and O–H groups in total. The first-order valence-electron chi connectivity index (χ1n) is 10.7. The van der Waals surface area contributed by atoms with E-state index < -0.39 is 41.6 Å². The molecule has 1 aromatic carbocycles. The van der Waals surface area contributed by atoms with E-state index in [2.05, 4.69) is 15.4 Å². The van der Waals surface area contributed by atoms with Crippen molar-refractivity contribution in [2.75, 3.05) is 20.2 Å². The molecule has 0 saturated carbocycles. The molecule has 2 unspecified atom stereocenters. The van der Waals surface area contributed by atoms with Gasteiger partial charge in [-0.1, -0.05) is 31.2 Å². The van der Waals surface area contributed by atoms with Crippen LogP contribution in [-0.2, 0) is 30.3 Å². The number of aryl methyl sites for hydroxylation is 1. The molecule has 1 rings (SSSR count). The molecule has 0 heterocycles. The number of hydrogen-bond acceptors (Lipinski definition) is 6. The van der Waals surface area contributed by atoms with Gasteiger partial charge in [-0.25, -0.2) is 4.79 Å². The van der Waals surface area contributed by atoms with E-state index >= 15 is 0 Å². The monoisotopic (exact) mass is 449 g/mol. The maximum Gasteiger partial charge on any atom is 0.408 e. The number of ether oxygens (including phenoxy) is 2. The second kappa shape index (κ2) is 12.1. The zero-order valence-corrected chi connectivity index (χ0v) is 20.0. The maximum absolute atomic E-state index is 13.2. The number of benzene rings is 1. The average Bonchev–Trinajstić information content (AvgIpc) is 2.73. The highest BCUT2D eigenvalue weighted by molar-refractivity contribution is 5.93. The Morgan fingerprint density at radius 1 is 1.06 bits per heavy atom. The molecular formula is C23H35N3O6. The number of carbonyl (C=O) groups is 4. The van der Waals surface area contributed by atoms with E-state index in [-0.39, 0.29) is 13.1 Å². The lowest BCUT2D eigenvalue weighted by molar-refractivity contribution is -0.144. The minimum absolute atomic E-state index is 0.199. The van der Waals surface area contributed by atoms with Crippen molar-refractivity contribution in [3.8, 4) is 0 Å². The van der Waals surface area contributed by atoms with Crippen LogP contribution >= 0.6 is 0 Å². The minimum Gasteiger partial charge on any atom is -0.468 e. The minimum atomic E-state index is -0.994. The van der Waals surface area contributed by atoms with Crippen LogP contribution in [-0.4, -0.2) is 60.6 Å². The third kappa shape index (κ3) is 8.20. The van der Waals surface area contributed by atoms with Crippen molar-refractivity contribution in [1.82, 2.24) is 15.5 Å². The molecule has 32 heavy (non-hydrogen) atoms. The Labute approximate surface area is 189 Å². The maximum atomic E-state index is 13.2. The van der Waals surface area contributed by atoms with E-state index in [1.54, 1.807) is 39.8 Å². The van der Waals surface area contributed by atoms with Crippen LogP contribution in [0.3, 0.4) is 0 Å². The highest BCUT2D eigenvalue weighted by atomic mass is 16.6. The van der Waals surface area contributed by atoms with Gasteiger partial charge in [0.2, 0.25) is 11.8 Å². The highest BCUT2D eigenvalue weighted by Gasteiger charge is 2.34. The summed E-state index contributed by atoms with van der Waals surface area (Å²) >= 11 is 0. The number of methoxy groups -OCH3 is 1. The number of rotatable bonds is 9. The van der Waals surface area contributed by atoms with Crippen molar-refractivity contribution in [3.63, 3.8) is 0 Å². The summed E-state index contributed by atoms with van der Waals surface area (Å²) in [6.07, 6.45) is 0.0978. The summed E-state index contributed by atoms with van der Waals surface area (Å²) in [5, 5.41) is 5.04. The van der Waals surface area contributed by atoms with Gasteiger partial charge < -0.3 is 25.0 Å². The standard InChI is InChI=1S/C23H35N3O6/c1-8-16-10-12-17(13-11-16)19(20(28)24-14-18(27)31-7)26(9-2)21(29)15(3)25-22(30)32-23(4,5)6/h10-13,15,19H,8-9,14H2,1-7H3,(H,24,28)(H,25,30). The zero-order valence-electron chi connectivity index (χ0n) is 20.0. The largest absolute Gasteiger partial charge is 0.468 e. The van der Waals surface area contributed by atoms with E-state index in [1.807, 2.05) is 19.1 Å². The number of esters is 1. The molecule has 0 aliphatic heterocycles. The van der Waals surface area contributed by atoms with Gasteiger partial charge in [0, 0.05) is 6.54 Å². The lowest BCUT2D eigenvalue weighted by Gasteiger charge is -2.32. The molecular weight excluding hydrogens is 414 g/mol. The fourth-order valence-electron chi connectivity index (χ4n) is 3.00. The molecule has 0 radical (unpaired) electrons. The Bertz CT molecular complexity index is 801. The lowest BCUT2D eigenvalue weighted by Crippen LogP contribution is -2.52. The molecule has 9 nitrogen and oxygen atoms in total. The van der Waals surface area contributed by atoms with Gasteiger partial charge in [-0.2, -0.15) is 0 Å². The van der Waals surface area contributed by atoms with Gasteiger partial charge in [0.05, 0.1) is 7.11 Å². The summed E-state index contributed by atoms with van der Waals surface area (Å²) in [7, 11) is 1.22. The average molecular weight is 450 g/mol. The van der Waals surface area contributed by atoms with Crippen molar-refractivity contribution in [2.45, 2.75) is 65.6 Å². The molecule has 1 aromatic rings. The number of nitrogens with zero attached hydrogens (tertiary/aromatic N) is 1. The van der Waals surface area contributed by atoms with Gasteiger partial charge in [-0.15, -0.1) is 0 Å². The number of hydrogen-bond donors (Lipinski definition) is 2. The number of likely N-dealkylation sites (N-methyl/N-ethyl adjacent to an activating group) is 1. The Hall–Kier alpha value is -3.10. The normalized spacial score (nSPS) is 12.8. The molecule has 0 aromatic heterocycles. The molecule has 0 saturated heterocycles. The molecule has 178 valence electrons. The summed E-state index contributed by atoms with van der Waals surface area (Å²) in [6.45, 7) is 10.3. The van der Waals surface area contributed by atoms with E-state index in [4.69, 9.17) is 4.74 Å². The predicted molar refractivity (Wildman–Crippen MR) is 120 cm³/mol. The predicted octanol–water partition coefficient (Wildman–Crippen LogP) is 2.34. The van der Waals surface area contributed by atoms with Crippen LogP contribution in [0.1, 0.15) is 58.7 Å². The second-order valence-electron chi connectivity index (χ2n) is 8.28. The molecule has 3 amide bonds. The van der Waals surface area contributed by atoms with Crippen LogP contribution in [0.5, 0.6) is 0 Å². The molecule has 2 atom stereocenters. The van der Waals surface area contributed by atoms with Gasteiger partial charge in [0.15, 0.2) is 0 Å². The number of nitrogens with one attached hydrogen (secondary N) is 2. The van der Waals surface area contributed by atoms with E-state index in [1.165, 1.54) is 18.9 Å². The van der Waals surface area contributed by atoms with Crippen molar-refractivity contribution in [1.29, 1.82) is 0 Å². The van der Waals surface area contributed by atoms with Gasteiger partial charge in [0.25, 0.3) is 0 Å². The third-order valence-electron chi connectivity index (χ3n) is 4.63. The van der Waals surface area contributed by atoms with Crippen LogP contribution in [0.2, 0.25) is 0 Å². The summed E-state index contributed by atoms with van der Waals surface area (Å²) in [6, 6.07) is 5.40. The lowest BCUT2D eigenvalue weighted by atomic mass is 10.0. The van der Waals surface area contributed by atoms with Gasteiger partial charge in [0.1, 0.15) is 24.2 Å². The van der Waals surface area contributed by atoms with Gasteiger partial charge in [-0.3, -0.25) is 14.4 Å². The Balaban J connectivity index is 3.16. The number of amides is 3. The van der Waals surface area contributed by atoms with Crippen molar-refractivity contribution < 1.29 is 28.7 Å². The van der Waals surface area contributed by atoms with Crippen LogP contribution in [0.4, 0.5) is 4.79 Å². The van der Waals surface area contributed by atoms with Crippen LogP contribution in [0.25, 0.3) is 0 Å². The Morgan fingerprint density at radius 3 is 2.12 bits per heavy atom. The van der Waals surface area contributed by atoms with Crippen molar-refractivity contribution in [3.05, 3.63) is 35.4 Å². The van der Waals surface area contributed by atoms with E-state index in [0.717, 1.165) is 12.0 Å². The first-order valence-corrected chi connectivity index (χ1v) is 10.7. The van der Waals surface area contributed by atoms with Crippen LogP contribution in [0.15, 0.2) is 24.3 Å². The summed E-state index contributed by atoms with van der Waals surface area (Å²) < 4.78 is 9.79. The molecule has 0 spiro atoms. The third-order valence-corrected chi connectivity index (χ3v) is 4.63. The Kier molecular flexibility index (Phi) is 10.2. The first kappa shape index (κ1) is 26.9. The molecule has 0 aliphatic rings. The summed E-state index contributed by atoms with van der Waals surface area (Å²) in [4.78, 5) is 51.2. The topological polar surface area (TPSA) is 114 Å². The first-order chi connectivity index (χ1) is 14.9. The molecule has 9 heteroatoms. The fourth-order valence-corrected chi connectivity index (χ4v) is 3.00. The van der Waals surface area contributed by atoms with Gasteiger partial charge in [-0.05, 0) is 52.2 Å². The number of carbonyl (C=O) groups excluding carboxylic acids is 4. The Morgan fingerprint density at radius 2 is 1.66 bits per heavy atom. The second-order valence-corrected chi connectivity index (χ2v) is 8.28. The smallest absolute Gasteiger partial charge is 0.408 e. The van der Waals surface area contributed by atoms with Crippen molar-refractivity contribution in [2.24, 2.45) is 0 Å². The summed E-state index contributed by atoms with van der Waals surface area (Å²) in [5.74, 6) is -1.59. The SMILES string of the molecule is CCc1ccc(C(C(=O)NCC(=O)OC)N(CC)C(=O)C(C)NC(=O)OC(C)(C)C)cc1. The fraction of sp³-hybridized carbons (Fsp3) is 0.565.